The third kappa shape index (κ3) is 3.96. The number of benzene rings is 1. The number of anilines is 1. The molecule has 1 aromatic carbocycles. The molecule has 0 aliphatic rings. The van der Waals surface area contributed by atoms with Gasteiger partial charge in [0.05, 0.1) is 6.61 Å². The van der Waals surface area contributed by atoms with Crippen molar-refractivity contribution in [2.45, 2.75) is 45.6 Å². The molecule has 0 aromatic heterocycles. The van der Waals surface area contributed by atoms with E-state index in [-0.39, 0.29) is 5.97 Å². The van der Waals surface area contributed by atoms with Crippen LogP contribution < -0.4 is 5.32 Å². The Morgan fingerprint density at radius 3 is 2.53 bits per heavy atom. The number of carbonyl (C=O) groups is 1. The Morgan fingerprint density at radius 1 is 1.32 bits per heavy atom. The van der Waals surface area contributed by atoms with Gasteiger partial charge < -0.3 is 10.1 Å². The molecule has 0 fully saturated rings. The summed E-state index contributed by atoms with van der Waals surface area (Å²) < 4.78 is 6.20. The molecule has 0 saturated carbocycles. The zero-order valence-corrected chi connectivity index (χ0v) is 13.4. The molecule has 0 aliphatic heterocycles. The number of hydrogen-bond donors (Lipinski definition) is 1. The van der Waals surface area contributed by atoms with E-state index in [2.05, 4.69) is 28.2 Å². The fraction of sp³-hybridized carbons (Fsp3) is 0.533. The molecule has 3 nitrogen and oxygen atoms in total. The Hall–Kier alpha value is -1.03. The predicted molar refractivity (Wildman–Crippen MR) is 82.3 cm³/mol. The van der Waals surface area contributed by atoms with Gasteiger partial charge in [-0.15, -0.1) is 0 Å². The van der Waals surface area contributed by atoms with Crippen molar-refractivity contribution >= 4 is 27.6 Å². The first-order valence-electron chi connectivity index (χ1n) is 6.79. The van der Waals surface area contributed by atoms with Gasteiger partial charge in [-0.3, -0.25) is 0 Å². The summed E-state index contributed by atoms with van der Waals surface area (Å²) in [7, 11) is 0. The monoisotopic (exact) mass is 327 g/mol. The molecular formula is C15H22BrNO2. The van der Waals surface area contributed by atoms with Crippen molar-refractivity contribution < 1.29 is 9.53 Å². The molecule has 0 bridgehead atoms. The van der Waals surface area contributed by atoms with E-state index in [0.717, 1.165) is 23.0 Å². The smallest absolute Gasteiger partial charge is 0.331 e. The summed E-state index contributed by atoms with van der Waals surface area (Å²) in [5.41, 5.74) is 0.278. The summed E-state index contributed by atoms with van der Waals surface area (Å²) in [6.45, 7) is 6.33. The summed E-state index contributed by atoms with van der Waals surface area (Å²) in [4.78, 5) is 12.3. The minimum atomic E-state index is -0.644. The number of esters is 1. The second-order valence-electron chi connectivity index (χ2n) is 4.51. The molecule has 1 unspecified atom stereocenters. The van der Waals surface area contributed by atoms with Crippen molar-refractivity contribution in [1.29, 1.82) is 0 Å². The Kier molecular flexibility index (Phi) is 6.35. The molecule has 4 heteroatoms. The number of carbonyl (C=O) groups excluding carboxylic acids is 1. The SMILES string of the molecule is CCCC(CC)(Nc1ccccc1Br)C(=O)OCC. The fourth-order valence-corrected chi connectivity index (χ4v) is 2.53. The van der Waals surface area contributed by atoms with E-state index >= 15 is 0 Å². The molecule has 106 valence electrons. The van der Waals surface area contributed by atoms with Crippen LogP contribution in [0.1, 0.15) is 40.0 Å². The van der Waals surface area contributed by atoms with Gasteiger partial charge in [0, 0.05) is 10.2 Å². The lowest BCUT2D eigenvalue weighted by atomic mass is 9.90. The molecule has 0 spiro atoms. The summed E-state index contributed by atoms with van der Waals surface area (Å²) in [5.74, 6) is -0.171. The average molecular weight is 328 g/mol. The predicted octanol–water partition coefficient (Wildman–Crippen LogP) is 4.37. The lowest BCUT2D eigenvalue weighted by molar-refractivity contribution is -0.149. The van der Waals surface area contributed by atoms with Crippen LogP contribution in [0.2, 0.25) is 0 Å². The van der Waals surface area contributed by atoms with Crippen LogP contribution in [0, 0.1) is 0 Å². The molecule has 0 heterocycles. The molecule has 1 N–H and O–H groups in total. The zero-order chi connectivity index (χ0) is 14.3. The van der Waals surface area contributed by atoms with E-state index in [4.69, 9.17) is 4.74 Å². The highest BCUT2D eigenvalue weighted by Crippen LogP contribution is 2.30. The summed E-state index contributed by atoms with van der Waals surface area (Å²) in [6, 6.07) is 7.82. The van der Waals surface area contributed by atoms with E-state index in [1.165, 1.54) is 0 Å². The standard InChI is InChI=1S/C15H22BrNO2/c1-4-11-15(5-2,14(18)19-6-3)17-13-10-8-7-9-12(13)16/h7-10,17H,4-6,11H2,1-3H3. The Morgan fingerprint density at radius 2 is 2.00 bits per heavy atom. The lowest BCUT2D eigenvalue weighted by Crippen LogP contribution is -2.47. The summed E-state index contributed by atoms with van der Waals surface area (Å²) >= 11 is 3.50. The molecule has 0 amide bonds. The van der Waals surface area contributed by atoms with E-state index in [0.29, 0.717) is 13.0 Å². The Bertz CT molecular complexity index is 422. The zero-order valence-electron chi connectivity index (χ0n) is 11.8. The van der Waals surface area contributed by atoms with Gasteiger partial charge in [0.1, 0.15) is 5.54 Å². The van der Waals surface area contributed by atoms with Crippen molar-refractivity contribution in [3.8, 4) is 0 Å². The fourth-order valence-electron chi connectivity index (χ4n) is 2.14. The number of ether oxygens (including phenoxy) is 1. The number of nitrogens with one attached hydrogen (secondary N) is 1. The highest BCUT2D eigenvalue weighted by atomic mass is 79.9. The van der Waals surface area contributed by atoms with Crippen molar-refractivity contribution in [1.82, 2.24) is 0 Å². The Balaban J connectivity index is 3.03. The maximum Gasteiger partial charge on any atom is 0.331 e. The van der Waals surface area contributed by atoms with Gasteiger partial charge in [-0.1, -0.05) is 32.4 Å². The second kappa shape index (κ2) is 7.53. The normalized spacial score (nSPS) is 13.7. The summed E-state index contributed by atoms with van der Waals surface area (Å²) in [5, 5.41) is 3.37. The average Bonchev–Trinajstić information content (AvgIpc) is 2.41. The maximum atomic E-state index is 12.3. The van der Waals surface area contributed by atoms with Crippen LogP contribution in [-0.2, 0) is 9.53 Å². The van der Waals surface area contributed by atoms with E-state index < -0.39 is 5.54 Å². The second-order valence-corrected chi connectivity index (χ2v) is 5.37. The van der Waals surface area contributed by atoms with Crippen molar-refractivity contribution in [3.05, 3.63) is 28.7 Å². The van der Waals surface area contributed by atoms with E-state index in [1.54, 1.807) is 0 Å². The lowest BCUT2D eigenvalue weighted by Gasteiger charge is -2.32. The number of hydrogen-bond acceptors (Lipinski definition) is 3. The highest BCUT2D eigenvalue weighted by Gasteiger charge is 2.37. The van der Waals surface area contributed by atoms with Crippen LogP contribution in [0.25, 0.3) is 0 Å². The number of para-hydroxylation sites is 1. The molecule has 1 atom stereocenters. The van der Waals surface area contributed by atoms with Crippen LogP contribution in [0.15, 0.2) is 28.7 Å². The number of halogens is 1. The molecule has 19 heavy (non-hydrogen) atoms. The maximum absolute atomic E-state index is 12.3. The van der Waals surface area contributed by atoms with Gasteiger partial charge in [0.25, 0.3) is 0 Å². The van der Waals surface area contributed by atoms with Crippen LogP contribution in [0.3, 0.4) is 0 Å². The van der Waals surface area contributed by atoms with Crippen LogP contribution in [0.4, 0.5) is 5.69 Å². The largest absolute Gasteiger partial charge is 0.464 e. The molecule has 0 radical (unpaired) electrons. The summed E-state index contributed by atoms with van der Waals surface area (Å²) in [6.07, 6.45) is 2.37. The first-order chi connectivity index (χ1) is 9.09. The quantitative estimate of drug-likeness (QED) is 0.755. The first-order valence-corrected chi connectivity index (χ1v) is 7.58. The van der Waals surface area contributed by atoms with Gasteiger partial charge in [-0.25, -0.2) is 4.79 Å². The van der Waals surface area contributed by atoms with Crippen molar-refractivity contribution in [2.75, 3.05) is 11.9 Å². The van der Waals surface area contributed by atoms with Crippen molar-refractivity contribution in [3.63, 3.8) is 0 Å². The van der Waals surface area contributed by atoms with Gasteiger partial charge in [0.15, 0.2) is 0 Å². The molecule has 1 aromatic rings. The topological polar surface area (TPSA) is 38.3 Å². The number of rotatable bonds is 7. The molecular weight excluding hydrogens is 306 g/mol. The van der Waals surface area contributed by atoms with Crippen molar-refractivity contribution in [2.24, 2.45) is 0 Å². The first kappa shape index (κ1) is 16.0. The third-order valence-corrected chi connectivity index (χ3v) is 3.89. The minimum Gasteiger partial charge on any atom is -0.464 e. The van der Waals surface area contributed by atoms with E-state index in [9.17, 15) is 4.79 Å². The van der Waals surface area contributed by atoms with Gasteiger partial charge in [0.2, 0.25) is 0 Å². The van der Waals surface area contributed by atoms with Crippen LogP contribution in [0.5, 0.6) is 0 Å². The van der Waals surface area contributed by atoms with Gasteiger partial charge >= 0.3 is 5.97 Å². The van der Waals surface area contributed by atoms with Crippen LogP contribution in [-0.4, -0.2) is 18.1 Å². The minimum absolute atomic E-state index is 0.171. The van der Waals surface area contributed by atoms with E-state index in [1.807, 2.05) is 38.1 Å². The highest BCUT2D eigenvalue weighted by molar-refractivity contribution is 9.10. The third-order valence-electron chi connectivity index (χ3n) is 3.19. The van der Waals surface area contributed by atoms with Crippen LogP contribution >= 0.6 is 15.9 Å². The molecule has 0 aliphatic carbocycles. The molecule has 1 rings (SSSR count). The van der Waals surface area contributed by atoms with Gasteiger partial charge in [-0.05, 0) is 47.8 Å². The molecule has 0 saturated heterocycles. The Labute approximate surface area is 123 Å². The van der Waals surface area contributed by atoms with Gasteiger partial charge in [-0.2, -0.15) is 0 Å².